The average molecular weight is 366 g/mol. The van der Waals surface area contributed by atoms with Crippen LogP contribution < -0.4 is 11.1 Å². The number of rotatable bonds is 3. The monoisotopic (exact) mass is 365 g/mol. The molecule has 0 aromatic heterocycles. The summed E-state index contributed by atoms with van der Waals surface area (Å²) in [6.07, 6.45) is 0.999. The van der Waals surface area contributed by atoms with E-state index in [4.69, 9.17) is 17.3 Å². The molecular formula is C17H24ClN5O2. The number of likely N-dealkylation sites (tertiary alicyclic amines) is 1. The number of halogens is 1. The van der Waals surface area contributed by atoms with E-state index in [1.165, 1.54) is 6.07 Å². The van der Waals surface area contributed by atoms with Crippen LogP contribution in [0.15, 0.2) is 18.2 Å². The number of hydrogen-bond acceptors (Lipinski definition) is 4. The number of amides is 3. The predicted octanol–water partition coefficient (Wildman–Crippen LogP) is 1.29. The quantitative estimate of drug-likeness (QED) is 0.845. The molecule has 2 saturated heterocycles. The maximum absolute atomic E-state index is 12.5. The Balaban J connectivity index is 1.55. The summed E-state index contributed by atoms with van der Waals surface area (Å²) in [6, 6.07) is 5.00. The van der Waals surface area contributed by atoms with E-state index in [-0.39, 0.29) is 16.6 Å². The number of nitrogens with two attached hydrogens (primary N) is 1. The minimum atomic E-state index is -0.586. The molecule has 7 nitrogen and oxygen atoms in total. The Bertz CT molecular complexity index is 660. The normalized spacial score (nSPS) is 22.2. The van der Waals surface area contributed by atoms with Crippen molar-refractivity contribution in [2.45, 2.75) is 12.5 Å². The summed E-state index contributed by atoms with van der Waals surface area (Å²) in [5.74, 6) is -0.586. The standard InChI is InChI=1S/C17H24ClN5O2/c1-21-6-8-22(9-7-21)13-4-5-23(11-13)17(25)20-12-2-3-14(16(19)24)15(18)10-12/h2-3,10,13H,4-9,11H2,1H3,(H2,19,24)(H,20,25)/t13-/m0/s1. The van der Waals surface area contributed by atoms with Crippen LogP contribution in [0.1, 0.15) is 16.8 Å². The van der Waals surface area contributed by atoms with Crippen molar-refractivity contribution < 1.29 is 9.59 Å². The summed E-state index contributed by atoms with van der Waals surface area (Å²) in [5.41, 5.74) is 6.04. The zero-order chi connectivity index (χ0) is 18.0. The third-order valence-corrected chi connectivity index (χ3v) is 5.30. The molecule has 0 aliphatic carbocycles. The fourth-order valence-electron chi connectivity index (χ4n) is 3.41. The van der Waals surface area contributed by atoms with E-state index >= 15 is 0 Å². The number of anilines is 1. The van der Waals surface area contributed by atoms with E-state index in [1.807, 2.05) is 4.90 Å². The fourth-order valence-corrected chi connectivity index (χ4v) is 3.68. The van der Waals surface area contributed by atoms with Crippen molar-refractivity contribution in [2.24, 2.45) is 5.73 Å². The number of nitrogens with zero attached hydrogens (tertiary/aromatic N) is 3. The summed E-state index contributed by atoms with van der Waals surface area (Å²) in [4.78, 5) is 30.3. The van der Waals surface area contributed by atoms with Gasteiger partial charge < -0.3 is 20.9 Å². The van der Waals surface area contributed by atoms with Gasteiger partial charge in [0.1, 0.15) is 0 Å². The van der Waals surface area contributed by atoms with Gasteiger partial charge >= 0.3 is 6.03 Å². The predicted molar refractivity (Wildman–Crippen MR) is 98.0 cm³/mol. The molecular weight excluding hydrogens is 342 g/mol. The molecule has 0 unspecified atom stereocenters. The third-order valence-electron chi connectivity index (χ3n) is 4.99. The first-order valence-corrected chi connectivity index (χ1v) is 8.89. The second kappa shape index (κ2) is 7.59. The van der Waals surface area contributed by atoms with E-state index in [9.17, 15) is 9.59 Å². The maximum atomic E-state index is 12.5. The summed E-state index contributed by atoms with van der Waals surface area (Å²) in [5, 5.41) is 3.08. The Labute approximate surface area is 152 Å². The molecule has 1 aromatic carbocycles. The Morgan fingerprint density at radius 3 is 2.56 bits per heavy atom. The van der Waals surface area contributed by atoms with Crippen molar-refractivity contribution in [3.05, 3.63) is 28.8 Å². The minimum Gasteiger partial charge on any atom is -0.366 e. The molecule has 2 aliphatic rings. The van der Waals surface area contributed by atoms with E-state index in [2.05, 4.69) is 22.2 Å². The average Bonchev–Trinajstić information content (AvgIpc) is 3.05. The Hall–Kier alpha value is -1.83. The zero-order valence-corrected chi connectivity index (χ0v) is 15.1. The molecule has 3 rings (SSSR count). The number of nitrogens with one attached hydrogen (secondary N) is 1. The van der Waals surface area contributed by atoms with Crippen molar-refractivity contribution in [2.75, 3.05) is 51.6 Å². The van der Waals surface area contributed by atoms with Gasteiger partial charge in [-0.3, -0.25) is 9.69 Å². The summed E-state index contributed by atoms with van der Waals surface area (Å²) in [7, 11) is 2.14. The first-order chi connectivity index (χ1) is 11.9. The molecule has 25 heavy (non-hydrogen) atoms. The minimum absolute atomic E-state index is 0.139. The highest BCUT2D eigenvalue weighted by Gasteiger charge is 2.31. The third kappa shape index (κ3) is 4.23. The van der Waals surface area contributed by atoms with E-state index in [1.54, 1.807) is 12.1 Å². The van der Waals surface area contributed by atoms with Crippen LogP contribution in [0.5, 0.6) is 0 Å². The van der Waals surface area contributed by atoms with Crippen molar-refractivity contribution in [1.29, 1.82) is 0 Å². The number of benzene rings is 1. The molecule has 0 radical (unpaired) electrons. The van der Waals surface area contributed by atoms with Crippen LogP contribution in [-0.4, -0.2) is 79.0 Å². The largest absolute Gasteiger partial charge is 0.366 e. The second-order valence-corrected chi connectivity index (χ2v) is 7.12. The highest BCUT2D eigenvalue weighted by molar-refractivity contribution is 6.34. The number of urea groups is 1. The number of primary amides is 1. The van der Waals surface area contributed by atoms with Crippen LogP contribution in [0.3, 0.4) is 0 Å². The van der Waals surface area contributed by atoms with Crippen molar-refractivity contribution >= 4 is 29.2 Å². The molecule has 1 atom stereocenters. The van der Waals surface area contributed by atoms with Gasteiger partial charge in [0.15, 0.2) is 0 Å². The second-order valence-electron chi connectivity index (χ2n) is 6.72. The zero-order valence-electron chi connectivity index (χ0n) is 14.4. The highest BCUT2D eigenvalue weighted by atomic mass is 35.5. The smallest absolute Gasteiger partial charge is 0.321 e. The number of carbonyl (C=O) groups excluding carboxylic acids is 2. The molecule has 2 heterocycles. The van der Waals surface area contributed by atoms with Crippen LogP contribution >= 0.6 is 11.6 Å². The molecule has 3 amide bonds. The van der Waals surface area contributed by atoms with Gasteiger partial charge in [-0.25, -0.2) is 4.79 Å². The maximum Gasteiger partial charge on any atom is 0.321 e. The Kier molecular flexibility index (Phi) is 5.46. The van der Waals surface area contributed by atoms with Crippen molar-refractivity contribution in [3.8, 4) is 0 Å². The van der Waals surface area contributed by atoms with Crippen LogP contribution in [0.25, 0.3) is 0 Å². The Morgan fingerprint density at radius 1 is 1.20 bits per heavy atom. The molecule has 8 heteroatoms. The molecule has 0 saturated carbocycles. The summed E-state index contributed by atoms with van der Waals surface area (Å²) < 4.78 is 0. The number of piperazine rings is 1. The summed E-state index contributed by atoms with van der Waals surface area (Å²) in [6.45, 7) is 5.75. The fraction of sp³-hybridized carbons (Fsp3) is 0.529. The molecule has 136 valence electrons. The van der Waals surface area contributed by atoms with Crippen LogP contribution in [0.2, 0.25) is 5.02 Å². The van der Waals surface area contributed by atoms with Gasteiger partial charge in [0.25, 0.3) is 0 Å². The van der Waals surface area contributed by atoms with E-state index in [0.717, 1.165) is 45.7 Å². The first kappa shape index (κ1) is 18.0. The lowest BCUT2D eigenvalue weighted by Crippen LogP contribution is -2.50. The van der Waals surface area contributed by atoms with Crippen LogP contribution in [-0.2, 0) is 0 Å². The first-order valence-electron chi connectivity index (χ1n) is 8.52. The lowest BCUT2D eigenvalue weighted by Gasteiger charge is -2.36. The molecule has 0 spiro atoms. The number of hydrogen-bond donors (Lipinski definition) is 2. The van der Waals surface area contributed by atoms with Crippen molar-refractivity contribution in [3.63, 3.8) is 0 Å². The van der Waals surface area contributed by atoms with Gasteiger partial charge in [0, 0.05) is 51.0 Å². The lowest BCUT2D eigenvalue weighted by atomic mass is 10.2. The van der Waals surface area contributed by atoms with Gasteiger partial charge in [-0.2, -0.15) is 0 Å². The Morgan fingerprint density at radius 2 is 1.92 bits per heavy atom. The number of carbonyl (C=O) groups is 2. The van der Waals surface area contributed by atoms with E-state index < -0.39 is 5.91 Å². The molecule has 2 fully saturated rings. The summed E-state index contributed by atoms with van der Waals surface area (Å²) >= 11 is 6.03. The van der Waals surface area contributed by atoms with Crippen LogP contribution in [0.4, 0.5) is 10.5 Å². The lowest BCUT2D eigenvalue weighted by molar-refractivity contribution is 0.100. The molecule has 3 N–H and O–H groups in total. The molecule has 2 aliphatic heterocycles. The van der Waals surface area contributed by atoms with Gasteiger partial charge in [0.05, 0.1) is 10.6 Å². The SMILES string of the molecule is CN1CCN([C@H]2CCN(C(=O)Nc3ccc(C(N)=O)c(Cl)c3)C2)CC1. The molecule has 0 bridgehead atoms. The topological polar surface area (TPSA) is 81.9 Å². The number of likely N-dealkylation sites (N-methyl/N-ethyl adjacent to an activating group) is 1. The van der Waals surface area contributed by atoms with Crippen molar-refractivity contribution in [1.82, 2.24) is 14.7 Å². The highest BCUT2D eigenvalue weighted by Crippen LogP contribution is 2.22. The van der Waals surface area contributed by atoms with E-state index in [0.29, 0.717) is 11.7 Å². The van der Waals surface area contributed by atoms with Gasteiger partial charge in [-0.15, -0.1) is 0 Å². The van der Waals surface area contributed by atoms with Gasteiger partial charge in [-0.1, -0.05) is 11.6 Å². The van der Waals surface area contributed by atoms with Gasteiger partial charge in [-0.05, 0) is 31.7 Å². The van der Waals surface area contributed by atoms with Crippen LogP contribution in [0, 0.1) is 0 Å². The molecule has 1 aromatic rings. The van der Waals surface area contributed by atoms with Gasteiger partial charge in [0.2, 0.25) is 5.91 Å².